The minimum atomic E-state index is -1.21. The van der Waals surface area contributed by atoms with Crippen molar-refractivity contribution in [1.82, 2.24) is 0 Å². The van der Waals surface area contributed by atoms with E-state index in [4.69, 9.17) is 10.8 Å². The van der Waals surface area contributed by atoms with Crippen molar-refractivity contribution in [3.63, 3.8) is 0 Å². The van der Waals surface area contributed by atoms with Gasteiger partial charge in [-0.1, -0.05) is 6.07 Å². The first-order valence-corrected chi connectivity index (χ1v) is 7.90. The van der Waals surface area contributed by atoms with Gasteiger partial charge in [-0.15, -0.1) is 0 Å². The van der Waals surface area contributed by atoms with Crippen LogP contribution in [0.4, 0.5) is 11.4 Å². The van der Waals surface area contributed by atoms with Gasteiger partial charge in [0.15, 0.2) is 0 Å². The van der Waals surface area contributed by atoms with Crippen LogP contribution < -0.4 is 10.6 Å². The number of hydrogen-bond donors (Lipinski definition) is 2. The van der Waals surface area contributed by atoms with Gasteiger partial charge in [0, 0.05) is 19.0 Å². The number of methoxy groups -OCH3 is 1. The van der Waals surface area contributed by atoms with Gasteiger partial charge >= 0.3 is 11.9 Å². The van der Waals surface area contributed by atoms with E-state index in [1.54, 1.807) is 6.07 Å². The quantitative estimate of drug-likeness (QED) is 0.400. The van der Waals surface area contributed by atoms with Gasteiger partial charge < -0.3 is 20.5 Å². The minimum absolute atomic E-state index is 0.0613. The summed E-state index contributed by atoms with van der Waals surface area (Å²) in [6.45, 7) is 0.249. The van der Waals surface area contributed by atoms with Crippen molar-refractivity contribution in [2.45, 2.75) is 31.7 Å². The van der Waals surface area contributed by atoms with Crippen LogP contribution in [-0.2, 0) is 32.0 Å². The maximum atomic E-state index is 12.4. The number of carboxylic acid groups (broad SMARTS) is 1. The zero-order chi connectivity index (χ0) is 19.4. The molecule has 1 aromatic carbocycles. The fourth-order valence-electron chi connectivity index (χ4n) is 2.86. The van der Waals surface area contributed by atoms with Gasteiger partial charge in [0.1, 0.15) is 11.7 Å². The van der Waals surface area contributed by atoms with Crippen LogP contribution in [0.15, 0.2) is 12.1 Å². The van der Waals surface area contributed by atoms with E-state index >= 15 is 0 Å². The second kappa shape index (κ2) is 7.91. The predicted octanol–water partition coefficient (Wildman–Crippen LogP) is 0.392. The monoisotopic (exact) mass is 365 g/mol. The fourth-order valence-corrected chi connectivity index (χ4v) is 2.86. The molecule has 0 aliphatic carbocycles. The second-order valence-corrected chi connectivity index (χ2v) is 5.91. The van der Waals surface area contributed by atoms with Crippen LogP contribution in [0, 0.1) is 10.1 Å². The van der Waals surface area contributed by atoms with Crippen molar-refractivity contribution in [2.24, 2.45) is 5.73 Å². The van der Waals surface area contributed by atoms with Gasteiger partial charge in [-0.25, -0.2) is 0 Å². The summed E-state index contributed by atoms with van der Waals surface area (Å²) in [4.78, 5) is 46.7. The standard InChI is InChI=1S/C16H19N3O7/c1-26-14(21)8-9-6-10-4-5-18(15(10)12(7-9)19(24)25)13(20)3-2-11(17)16(22)23/h6-7,11H,2-5,8,17H2,1H3,(H,22,23). The van der Waals surface area contributed by atoms with Crippen LogP contribution in [0.25, 0.3) is 0 Å². The van der Waals surface area contributed by atoms with E-state index in [-0.39, 0.29) is 37.2 Å². The molecule has 140 valence electrons. The Morgan fingerprint density at radius 3 is 2.69 bits per heavy atom. The lowest BCUT2D eigenvalue weighted by Gasteiger charge is -2.18. The van der Waals surface area contributed by atoms with Crippen molar-refractivity contribution in [3.8, 4) is 0 Å². The van der Waals surface area contributed by atoms with Crippen LogP contribution in [-0.4, -0.2) is 47.6 Å². The summed E-state index contributed by atoms with van der Waals surface area (Å²) in [5.41, 5.74) is 6.34. The first-order valence-electron chi connectivity index (χ1n) is 7.90. The highest BCUT2D eigenvalue weighted by Crippen LogP contribution is 2.38. The first-order chi connectivity index (χ1) is 12.2. The highest BCUT2D eigenvalue weighted by molar-refractivity contribution is 5.98. The van der Waals surface area contributed by atoms with E-state index in [1.165, 1.54) is 18.1 Å². The van der Waals surface area contributed by atoms with E-state index in [2.05, 4.69) is 4.74 Å². The molecule has 0 fully saturated rings. The number of nitrogens with two attached hydrogens (primary N) is 1. The van der Waals surface area contributed by atoms with Crippen LogP contribution in [0.5, 0.6) is 0 Å². The second-order valence-electron chi connectivity index (χ2n) is 5.91. The molecule has 2 rings (SSSR count). The predicted molar refractivity (Wildman–Crippen MR) is 89.7 cm³/mol. The molecule has 1 aromatic rings. The molecule has 0 spiro atoms. The van der Waals surface area contributed by atoms with Gasteiger partial charge in [-0.05, 0) is 24.0 Å². The molecule has 0 saturated heterocycles. The SMILES string of the molecule is COC(=O)Cc1cc2c(c([N+](=O)[O-])c1)N(C(=O)CCC(N)C(=O)O)CC2. The van der Waals surface area contributed by atoms with Crippen molar-refractivity contribution in [2.75, 3.05) is 18.6 Å². The average Bonchev–Trinajstić information content (AvgIpc) is 3.02. The number of nitrogens with zero attached hydrogens (tertiary/aromatic N) is 2. The highest BCUT2D eigenvalue weighted by Gasteiger charge is 2.33. The lowest BCUT2D eigenvalue weighted by molar-refractivity contribution is -0.384. The van der Waals surface area contributed by atoms with Crippen LogP contribution in [0.1, 0.15) is 24.0 Å². The number of hydrogen-bond acceptors (Lipinski definition) is 7. The maximum Gasteiger partial charge on any atom is 0.320 e. The number of fused-ring (bicyclic) bond motifs is 1. The summed E-state index contributed by atoms with van der Waals surface area (Å²) < 4.78 is 4.57. The summed E-state index contributed by atoms with van der Waals surface area (Å²) in [5, 5.41) is 20.2. The number of nitro groups is 1. The number of aliphatic carboxylic acids is 1. The summed E-state index contributed by atoms with van der Waals surface area (Å²) in [6, 6.07) is 1.73. The zero-order valence-electron chi connectivity index (χ0n) is 14.1. The lowest BCUT2D eigenvalue weighted by Crippen LogP contribution is -2.34. The number of ether oxygens (including phenoxy) is 1. The Kier molecular flexibility index (Phi) is 5.88. The maximum absolute atomic E-state index is 12.4. The normalized spacial score (nSPS) is 13.8. The molecule has 1 atom stereocenters. The zero-order valence-corrected chi connectivity index (χ0v) is 14.1. The van der Waals surface area contributed by atoms with Crippen molar-refractivity contribution < 1.29 is 29.2 Å². The Labute approximate surface area is 148 Å². The van der Waals surface area contributed by atoms with Crippen molar-refractivity contribution in [1.29, 1.82) is 0 Å². The Bertz CT molecular complexity index is 762. The highest BCUT2D eigenvalue weighted by atomic mass is 16.6. The molecule has 1 amide bonds. The van der Waals surface area contributed by atoms with Gasteiger partial charge in [0.25, 0.3) is 5.69 Å². The molecule has 10 nitrogen and oxygen atoms in total. The lowest BCUT2D eigenvalue weighted by atomic mass is 10.0. The number of carbonyl (C=O) groups excluding carboxylic acids is 2. The van der Waals surface area contributed by atoms with Crippen molar-refractivity contribution in [3.05, 3.63) is 33.4 Å². The number of carboxylic acids is 1. The third kappa shape index (κ3) is 4.14. The number of amides is 1. The number of benzene rings is 1. The molecule has 0 aromatic heterocycles. The molecule has 1 unspecified atom stereocenters. The topological polar surface area (TPSA) is 153 Å². The molecule has 26 heavy (non-hydrogen) atoms. The summed E-state index contributed by atoms with van der Waals surface area (Å²) in [5.74, 6) is -2.16. The summed E-state index contributed by atoms with van der Waals surface area (Å²) >= 11 is 0. The smallest absolute Gasteiger partial charge is 0.320 e. The Morgan fingerprint density at radius 2 is 2.12 bits per heavy atom. The first kappa shape index (κ1) is 19.3. The van der Waals surface area contributed by atoms with Gasteiger partial charge in [0.05, 0.1) is 18.5 Å². The summed E-state index contributed by atoms with van der Waals surface area (Å²) in [6.07, 6.45) is 0.107. The van der Waals surface area contributed by atoms with Gasteiger partial charge in [0.2, 0.25) is 5.91 Å². The summed E-state index contributed by atoms with van der Waals surface area (Å²) in [7, 11) is 1.23. The molecule has 1 aliphatic heterocycles. The number of rotatable bonds is 7. The Morgan fingerprint density at radius 1 is 1.42 bits per heavy atom. The molecular weight excluding hydrogens is 346 g/mol. The molecule has 10 heteroatoms. The molecular formula is C16H19N3O7. The van der Waals surface area contributed by atoms with Gasteiger partial charge in [-0.2, -0.15) is 0 Å². The van der Waals surface area contributed by atoms with Crippen LogP contribution >= 0.6 is 0 Å². The molecule has 1 aliphatic rings. The molecule has 0 saturated carbocycles. The van der Waals surface area contributed by atoms with Gasteiger partial charge in [-0.3, -0.25) is 24.5 Å². The third-order valence-electron chi connectivity index (χ3n) is 4.16. The Balaban J connectivity index is 2.27. The Hall–Kier alpha value is -3.01. The van der Waals surface area contributed by atoms with Crippen LogP contribution in [0.3, 0.4) is 0 Å². The van der Waals surface area contributed by atoms with E-state index in [0.717, 1.165) is 0 Å². The average molecular weight is 365 g/mol. The molecule has 0 bridgehead atoms. The van der Waals surface area contributed by atoms with Crippen LogP contribution in [0.2, 0.25) is 0 Å². The minimum Gasteiger partial charge on any atom is -0.480 e. The largest absolute Gasteiger partial charge is 0.480 e. The number of carbonyl (C=O) groups is 3. The van der Waals surface area contributed by atoms with E-state index in [1.807, 2.05) is 0 Å². The van der Waals surface area contributed by atoms with Crippen molar-refractivity contribution >= 4 is 29.2 Å². The molecule has 0 radical (unpaired) electrons. The number of esters is 1. The van der Waals surface area contributed by atoms with E-state index in [9.17, 15) is 24.5 Å². The number of anilines is 1. The molecule has 1 heterocycles. The fraction of sp³-hybridized carbons (Fsp3) is 0.438. The van der Waals surface area contributed by atoms with E-state index < -0.39 is 28.8 Å². The van der Waals surface area contributed by atoms with E-state index in [0.29, 0.717) is 17.5 Å². The third-order valence-corrected chi connectivity index (χ3v) is 4.16. The molecule has 3 N–H and O–H groups in total. The number of nitro benzene ring substituents is 1.